The number of thioether (sulfide) groups is 1. The van der Waals surface area contributed by atoms with Gasteiger partial charge < -0.3 is 10.6 Å². The molecule has 1 aliphatic rings. The van der Waals surface area contributed by atoms with Crippen molar-refractivity contribution in [1.82, 2.24) is 14.9 Å². The average molecular weight is 348 g/mol. The van der Waals surface area contributed by atoms with Crippen molar-refractivity contribution in [1.29, 1.82) is 0 Å². The molecule has 0 bridgehead atoms. The lowest BCUT2D eigenvalue weighted by Crippen LogP contribution is -2.44. The van der Waals surface area contributed by atoms with Crippen molar-refractivity contribution in [3.8, 4) is 0 Å². The molecule has 1 aromatic heterocycles. The molecule has 1 unspecified atom stereocenters. The van der Waals surface area contributed by atoms with Crippen molar-refractivity contribution in [2.75, 3.05) is 18.8 Å². The van der Waals surface area contributed by atoms with Gasteiger partial charge in [-0.15, -0.1) is 0 Å². The fourth-order valence-electron chi connectivity index (χ4n) is 2.22. The summed E-state index contributed by atoms with van der Waals surface area (Å²) in [7, 11) is 0. The van der Waals surface area contributed by atoms with Gasteiger partial charge in [0.1, 0.15) is 5.69 Å². The molecule has 0 aromatic carbocycles. The van der Waals surface area contributed by atoms with Gasteiger partial charge in [-0.3, -0.25) is 9.59 Å². The number of carbonyl (C=O) groups excluding carboxylic acids is 2. The number of likely N-dealkylation sites (tertiary alicyclic amines) is 1. The van der Waals surface area contributed by atoms with Gasteiger partial charge in [-0.05, 0) is 18.9 Å². The fraction of sp³-hybridized carbons (Fsp3) is 0.538. The number of piperidine rings is 1. The van der Waals surface area contributed by atoms with Gasteiger partial charge in [-0.1, -0.05) is 11.8 Å². The second-order valence-corrected chi connectivity index (χ2v) is 6.03. The molecule has 126 valence electrons. The van der Waals surface area contributed by atoms with Crippen LogP contribution in [0.15, 0.2) is 17.4 Å². The number of hydrogen-bond acceptors (Lipinski definition) is 5. The van der Waals surface area contributed by atoms with Crippen molar-refractivity contribution in [3.05, 3.63) is 18.0 Å². The molecule has 1 fully saturated rings. The summed E-state index contributed by atoms with van der Waals surface area (Å²) in [6, 6.07) is 0.772. The smallest absolute Gasteiger partial charge is 0.369 e. The average Bonchev–Trinajstić information content (AvgIpc) is 2.52. The van der Waals surface area contributed by atoms with Crippen LogP contribution in [-0.2, 0) is 15.8 Å². The molecule has 1 aliphatic heterocycles. The molecule has 1 aromatic rings. The maximum absolute atomic E-state index is 12.6. The molecule has 0 aliphatic carbocycles. The fourth-order valence-corrected chi connectivity index (χ4v) is 2.96. The van der Waals surface area contributed by atoms with Crippen LogP contribution in [0.2, 0.25) is 0 Å². The number of alkyl halides is 3. The first-order chi connectivity index (χ1) is 10.8. The molecule has 23 heavy (non-hydrogen) atoms. The highest BCUT2D eigenvalue weighted by Gasteiger charge is 2.33. The van der Waals surface area contributed by atoms with Crippen molar-refractivity contribution >= 4 is 23.6 Å². The van der Waals surface area contributed by atoms with Crippen molar-refractivity contribution in [3.63, 3.8) is 0 Å². The predicted molar refractivity (Wildman–Crippen MR) is 76.3 cm³/mol. The molecule has 0 saturated carbocycles. The molecular formula is C13H15F3N4O2S. The van der Waals surface area contributed by atoms with Gasteiger partial charge in [-0.2, -0.15) is 13.2 Å². The van der Waals surface area contributed by atoms with Crippen LogP contribution >= 0.6 is 11.8 Å². The summed E-state index contributed by atoms with van der Waals surface area (Å²) in [4.78, 5) is 31.9. The van der Waals surface area contributed by atoms with E-state index in [2.05, 4.69) is 9.97 Å². The lowest BCUT2D eigenvalue weighted by atomic mass is 9.97. The van der Waals surface area contributed by atoms with Crippen molar-refractivity contribution < 1.29 is 22.8 Å². The third kappa shape index (κ3) is 4.81. The Kier molecular flexibility index (Phi) is 5.45. The maximum Gasteiger partial charge on any atom is 0.433 e. The molecule has 2 heterocycles. The Balaban J connectivity index is 1.93. The lowest BCUT2D eigenvalue weighted by Gasteiger charge is -2.31. The molecule has 2 rings (SSSR count). The minimum absolute atomic E-state index is 0.0905. The van der Waals surface area contributed by atoms with Crippen LogP contribution in [0.1, 0.15) is 18.5 Å². The number of amides is 2. The van der Waals surface area contributed by atoms with E-state index in [9.17, 15) is 22.8 Å². The van der Waals surface area contributed by atoms with E-state index in [1.165, 1.54) is 4.90 Å². The number of nitrogens with two attached hydrogens (primary N) is 1. The van der Waals surface area contributed by atoms with Gasteiger partial charge in [0.25, 0.3) is 0 Å². The van der Waals surface area contributed by atoms with Gasteiger partial charge in [0.05, 0.1) is 11.7 Å². The first-order valence-electron chi connectivity index (χ1n) is 6.87. The van der Waals surface area contributed by atoms with Crippen LogP contribution in [0.25, 0.3) is 0 Å². The third-order valence-corrected chi connectivity index (χ3v) is 4.27. The molecule has 2 N–H and O–H groups in total. The molecule has 6 nitrogen and oxygen atoms in total. The standard InChI is InChI=1S/C13H15F3N4O2S/c14-13(15,16)9-3-4-18-12(19-9)23-7-10(21)20-5-1-2-8(6-20)11(17)22/h3-4,8H,1-2,5-7H2,(H2,17,22). The van der Waals surface area contributed by atoms with E-state index in [1.807, 2.05) is 0 Å². The Morgan fingerprint density at radius 2 is 2.17 bits per heavy atom. The van der Waals surface area contributed by atoms with Gasteiger partial charge in [0.2, 0.25) is 11.8 Å². The molecule has 1 atom stereocenters. The Labute approximate surface area is 134 Å². The highest BCUT2D eigenvalue weighted by Crippen LogP contribution is 2.28. The van der Waals surface area contributed by atoms with Crippen LogP contribution in [0, 0.1) is 5.92 Å². The van der Waals surface area contributed by atoms with Crippen LogP contribution in [0.3, 0.4) is 0 Å². The van der Waals surface area contributed by atoms with E-state index >= 15 is 0 Å². The number of primary amides is 1. The zero-order valence-electron chi connectivity index (χ0n) is 12.0. The van der Waals surface area contributed by atoms with Gasteiger partial charge in [0, 0.05) is 19.3 Å². The van der Waals surface area contributed by atoms with Crippen LogP contribution in [0.5, 0.6) is 0 Å². The highest BCUT2D eigenvalue weighted by atomic mass is 32.2. The summed E-state index contributed by atoms with van der Waals surface area (Å²) in [6.45, 7) is 0.755. The number of rotatable bonds is 4. The monoisotopic (exact) mass is 348 g/mol. The normalized spacial score (nSPS) is 18.7. The van der Waals surface area contributed by atoms with Crippen LogP contribution < -0.4 is 5.73 Å². The number of aromatic nitrogens is 2. The van der Waals surface area contributed by atoms with Gasteiger partial charge in [0.15, 0.2) is 5.16 Å². The van der Waals surface area contributed by atoms with E-state index < -0.39 is 17.8 Å². The van der Waals surface area contributed by atoms with Crippen LogP contribution in [-0.4, -0.2) is 45.5 Å². The highest BCUT2D eigenvalue weighted by molar-refractivity contribution is 7.99. The first-order valence-corrected chi connectivity index (χ1v) is 7.86. The number of hydrogen-bond donors (Lipinski definition) is 1. The largest absolute Gasteiger partial charge is 0.433 e. The molecule has 2 amide bonds. The van der Waals surface area contributed by atoms with E-state index in [0.717, 1.165) is 24.0 Å². The van der Waals surface area contributed by atoms with E-state index in [1.54, 1.807) is 0 Å². The second-order valence-electron chi connectivity index (χ2n) is 5.09. The number of nitrogens with zero attached hydrogens (tertiary/aromatic N) is 3. The summed E-state index contributed by atoms with van der Waals surface area (Å²) >= 11 is 0.832. The Bertz CT molecular complexity index is 597. The summed E-state index contributed by atoms with van der Waals surface area (Å²) in [6.07, 6.45) is -2.23. The first kappa shape index (κ1) is 17.5. The molecular weight excluding hydrogens is 333 g/mol. The Morgan fingerprint density at radius 1 is 1.43 bits per heavy atom. The Hall–Kier alpha value is -1.84. The van der Waals surface area contributed by atoms with Crippen molar-refractivity contribution in [2.45, 2.75) is 24.2 Å². The second kappa shape index (κ2) is 7.16. The van der Waals surface area contributed by atoms with Crippen molar-refractivity contribution in [2.24, 2.45) is 11.7 Å². The molecule has 0 spiro atoms. The topological polar surface area (TPSA) is 89.2 Å². The van der Waals surface area contributed by atoms with Crippen LogP contribution in [0.4, 0.5) is 13.2 Å². The van der Waals surface area contributed by atoms with E-state index in [0.29, 0.717) is 19.4 Å². The summed E-state index contributed by atoms with van der Waals surface area (Å²) in [5.74, 6) is -1.19. The predicted octanol–water partition coefficient (Wildman–Crippen LogP) is 1.31. The number of carbonyl (C=O) groups is 2. The maximum atomic E-state index is 12.6. The summed E-state index contributed by atoms with van der Waals surface area (Å²) in [5, 5.41) is -0.114. The molecule has 0 radical (unpaired) electrons. The molecule has 10 heteroatoms. The minimum atomic E-state index is -4.55. The quantitative estimate of drug-likeness (QED) is 0.655. The van der Waals surface area contributed by atoms with Gasteiger partial charge >= 0.3 is 6.18 Å². The summed E-state index contributed by atoms with van der Waals surface area (Å²) in [5.41, 5.74) is 4.20. The third-order valence-electron chi connectivity index (χ3n) is 3.43. The lowest BCUT2D eigenvalue weighted by molar-refractivity contribution is -0.141. The summed E-state index contributed by atoms with van der Waals surface area (Å²) < 4.78 is 37.7. The minimum Gasteiger partial charge on any atom is -0.369 e. The van der Waals surface area contributed by atoms with E-state index in [-0.39, 0.29) is 29.3 Å². The van der Waals surface area contributed by atoms with E-state index in [4.69, 9.17) is 5.73 Å². The number of halogens is 3. The zero-order valence-corrected chi connectivity index (χ0v) is 12.9. The molecule has 1 saturated heterocycles. The SMILES string of the molecule is NC(=O)C1CCCN(C(=O)CSc2nccc(C(F)(F)F)n2)C1. The Morgan fingerprint density at radius 3 is 2.83 bits per heavy atom. The van der Waals surface area contributed by atoms with Gasteiger partial charge in [-0.25, -0.2) is 9.97 Å². The zero-order chi connectivity index (χ0) is 17.0.